The van der Waals surface area contributed by atoms with Gasteiger partial charge in [-0.2, -0.15) is 0 Å². The van der Waals surface area contributed by atoms with Crippen LogP contribution < -0.4 is 15.5 Å². The summed E-state index contributed by atoms with van der Waals surface area (Å²) in [5.74, 6) is -1.33. The summed E-state index contributed by atoms with van der Waals surface area (Å²) >= 11 is 3.51. The molecule has 3 rings (SSSR count). The van der Waals surface area contributed by atoms with Gasteiger partial charge in [0.25, 0.3) is 0 Å². The second kappa shape index (κ2) is 9.36. The zero-order valence-corrected chi connectivity index (χ0v) is 20.9. The highest BCUT2D eigenvalue weighted by molar-refractivity contribution is 9.10. The van der Waals surface area contributed by atoms with E-state index in [4.69, 9.17) is 4.74 Å². The third kappa shape index (κ3) is 5.99. The van der Waals surface area contributed by atoms with E-state index in [1.807, 2.05) is 0 Å². The molecule has 0 aromatic carbocycles. The lowest BCUT2D eigenvalue weighted by Gasteiger charge is -2.36. The molecule has 0 bridgehead atoms. The standard InChI is InChI=1S/C20H28BrN5O5S/c1-20(2,3)31-19(28)26(12-6-5-7-22-8-12)17-13(21)9-23-18-16(17)14(10-24-18)25-15(27)11-32(4,29)30/h9-10,12,22H,5-8,11H2,1-4H3,(H,23,24)(H,25,27)/t12-/m1/s1. The molecule has 1 aliphatic rings. The topological polar surface area (TPSA) is 133 Å². The minimum atomic E-state index is -3.51. The molecule has 10 nitrogen and oxygen atoms in total. The van der Waals surface area contributed by atoms with Crippen molar-refractivity contribution >= 4 is 60.2 Å². The number of rotatable bonds is 5. The Bertz CT molecular complexity index is 1120. The van der Waals surface area contributed by atoms with Gasteiger partial charge < -0.3 is 20.4 Å². The maximum Gasteiger partial charge on any atom is 0.415 e. The highest BCUT2D eigenvalue weighted by atomic mass is 79.9. The summed E-state index contributed by atoms with van der Waals surface area (Å²) in [6.45, 7) is 6.84. The number of sulfone groups is 1. The first-order valence-electron chi connectivity index (χ1n) is 10.2. The van der Waals surface area contributed by atoms with Gasteiger partial charge in [-0.15, -0.1) is 0 Å². The van der Waals surface area contributed by atoms with E-state index in [2.05, 4.69) is 36.5 Å². The molecule has 0 aliphatic carbocycles. The minimum Gasteiger partial charge on any atom is -0.443 e. The fourth-order valence-electron chi connectivity index (χ4n) is 3.60. The maximum atomic E-state index is 13.4. The maximum absolute atomic E-state index is 13.4. The molecule has 32 heavy (non-hydrogen) atoms. The zero-order chi connectivity index (χ0) is 23.7. The number of halogens is 1. The summed E-state index contributed by atoms with van der Waals surface area (Å²) in [6, 6.07) is -0.185. The van der Waals surface area contributed by atoms with Crippen molar-refractivity contribution < 1.29 is 22.7 Å². The van der Waals surface area contributed by atoms with E-state index in [1.165, 1.54) is 6.20 Å². The van der Waals surface area contributed by atoms with Crippen LogP contribution in [0.4, 0.5) is 16.2 Å². The van der Waals surface area contributed by atoms with Crippen molar-refractivity contribution in [1.82, 2.24) is 15.3 Å². The second-order valence-corrected chi connectivity index (χ2v) is 11.8. The molecule has 176 valence electrons. The van der Waals surface area contributed by atoms with Gasteiger partial charge in [0.15, 0.2) is 9.84 Å². The third-order valence-electron chi connectivity index (χ3n) is 4.76. The van der Waals surface area contributed by atoms with E-state index in [-0.39, 0.29) is 6.04 Å². The fraction of sp³-hybridized carbons (Fsp3) is 0.550. The fourth-order valence-corrected chi connectivity index (χ4v) is 4.64. The van der Waals surface area contributed by atoms with Crippen molar-refractivity contribution in [3.05, 3.63) is 16.9 Å². The number of pyridine rings is 1. The van der Waals surface area contributed by atoms with Crippen LogP contribution >= 0.6 is 15.9 Å². The number of hydrogen-bond donors (Lipinski definition) is 3. The van der Waals surface area contributed by atoms with E-state index < -0.39 is 33.2 Å². The van der Waals surface area contributed by atoms with Crippen LogP contribution in [0, 0.1) is 0 Å². The number of nitrogens with one attached hydrogen (secondary N) is 3. The monoisotopic (exact) mass is 529 g/mol. The quantitative estimate of drug-likeness (QED) is 0.542. The van der Waals surface area contributed by atoms with Crippen LogP contribution in [0.3, 0.4) is 0 Å². The first-order valence-corrected chi connectivity index (χ1v) is 13.1. The van der Waals surface area contributed by atoms with Crippen molar-refractivity contribution in [3.63, 3.8) is 0 Å². The van der Waals surface area contributed by atoms with Crippen molar-refractivity contribution in [1.29, 1.82) is 0 Å². The number of piperidine rings is 1. The SMILES string of the molecule is CC(C)(C)OC(=O)N(c1c(Br)cnc2[nH]cc(NC(=O)CS(C)(=O)=O)c12)[C@@H]1CCCNC1. The van der Waals surface area contributed by atoms with E-state index >= 15 is 0 Å². The van der Waals surface area contributed by atoms with Gasteiger partial charge in [0.1, 0.15) is 17.0 Å². The number of ether oxygens (including phenoxy) is 1. The Hall–Kier alpha value is -2.18. The van der Waals surface area contributed by atoms with Crippen LogP contribution in [-0.4, -0.2) is 67.1 Å². The molecular formula is C20H28BrN5O5S. The van der Waals surface area contributed by atoms with Gasteiger partial charge in [0.2, 0.25) is 5.91 Å². The molecule has 1 aliphatic heterocycles. The molecule has 2 aromatic heterocycles. The van der Waals surface area contributed by atoms with Gasteiger partial charge in [-0.3, -0.25) is 9.69 Å². The Morgan fingerprint density at radius 3 is 2.69 bits per heavy atom. The number of aromatic amines is 1. The molecule has 0 radical (unpaired) electrons. The van der Waals surface area contributed by atoms with Gasteiger partial charge in [0.05, 0.1) is 27.3 Å². The molecular weight excluding hydrogens is 502 g/mol. The largest absolute Gasteiger partial charge is 0.443 e. The third-order valence-corrected chi connectivity index (χ3v) is 6.13. The first kappa shape index (κ1) is 24.5. The van der Waals surface area contributed by atoms with E-state index in [0.717, 1.165) is 25.6 Å². The number of hydrogen-bond acceptors (Lipinski definition) is 7. The molecule has 3 heterocycles. The number of nitrogens with zero attached hydrogens (tertiary/aromatic N) is 2. The van der Waals surface area contributed by atoms with Gasteiger partial charge in [-0.05, 0) is 56.1 Å². The average Bonchev–Trinajstić information content (AvgIpc) is 3.04. The Morgan fingerprint density at radius 2 is 2.09 bits per heavy atom. The summed E-state index contributed by atoms with van der Waals surface area (Å²) in [6.07, 6.45) is 5.23. The minimum absolute atomic E-state index is 0.185. The Morgan fingerprint density at radius 1 is 1.38 bits per heavy atom. The second-order valence-electron chi connectivity index (χ2n) is 8.85. The average molecular weight is 530 g/mol. The van der Waals surface area contributed by atoms with Crippen LogP contribution in [0.2, 0.25) is 0 Å². The highest BCUT2D eigenvalue weighted by Gasteiger charge is 2.34. The van der Waals surface area contributed by atoms with Crippen molar-refractivity contribution in [3.8, 4) is 0 Å². The highest BCUT2D eigenvalue weighted by Crippen LogP contribution is 2.40. The predicted molar refractivity (Wildman–Crippen MR) is 127 cm³/mol. The molecule has 0 saturated carbocycles. The first-order chi connectivity index (χ1) is 14.9. The van der Waals surface area contributed by atoms with Crippen LogP contribution in [-0.2, 0) is 19.4 Å². The van der Waals surface area contributed by atoms with Gasteiger partial charge in [-0.25, -0.2) is 18.2 Å². The van der Waals surface area contributed by atoms with E-state index in [1.54, 1.807) is 31.9 Å². The van der Waals surface area contributed by atoms with Gasteiger partial charge in [-0.1, -0.05) is 0 Å². The summed E-state index contributed by atoms with van der Waals surface area (Å²) in [4.78, 5) is 34.6. The summed E-state index contributed by atoms with van der Waals surface area (Å²) in [7, 11) is -3.51. The van der Waals surface area contributed by atoms with Crippen molar-refractivity contribution in [2.75, 3.05) is 35.3 Å². The van der Waals surface area contributed by atoms with Crippen molar-refractivity contribution in [2.45, 2.75) is 45.3 Å². The predicted octanol–water partition coefficient (Wildman–Crippen LogP) is 2.80. The summed E-state index contributed by atoms with van der Waals surface area (Å²) in [5, 5.41) is 6.43. The van der Waals surface area contributed by atoms with Gasteiger partial charge >= 0.3 is 6.09 Å². The van der Waals surface area contributed by atoms with E-state index in [9.17, 15) is 18.0 Å². The van der Waals surface area contributed by atoms with Crippen LogP contribution in [0.5, 0.6) is 0 Å². The summed E-state index contributed by atoms with van der Waals surface area (Å²) < 4.78 is 29.3. The molecule has 1 fully saturated rings. The normalized spacial score (nSPS) is 17.2. The smallest absolute Gasteiger partial charge is 0.415 e. The number of anilines is 2. The lowest BCUT2D eigenvalue weighted by molar-refractivity contribution is -0.113. The lowest BCUT2D eigenvalue weighted by Crippen LogP contribution is -2.50. The molecule has 1 saturated heterocycles. The zero-order valence-electron chi connectivity index (χ0n) is 18.5. The van der Waals surface area contributed by atoms with Crippen molar-refractivity contribution in [2.24, 2.45) is 0 Å². The molecule has 0 spiro atoms. The molecule has 2 aromatic rings. The number of carbonyl (C=O) groups excluding carboxylic acids is 2. The number of amides is 2. The molecule has 1 atom stereocenters. The number of H-pyrrole nitrogens is 1. The number of aromatic nitrogens is 2. The lowest BCUT2D eigenvalue weighted by atomic mass is 10.0. The molecule has 2 amide bonds. The summed E-state index contributed by atoms with van der Waals surface area (Å²) in [5.41, 5.74) is 0.555. The van der Waals surface area contributed by atoms with Crippen LogP contribution in [0.25, 0.3) is 11.0 Å². The van der Waals surface area contributed by atoms with E-state index in [0.29, 0.717) is 33.4 Å². The molecule has 12 heteroatoms. The number of fused-ring (bicyclic) bond motifs is 1. The molecule has 3 N–H and O–H groups in total. The Balaban J connectivity index is 2.11. The van der Waals surface area contributed by atoms with Crippen LogP contribution in [0.1, 0.15) is 33.6 Å². The van der Waals surface area contributed by atoms with Gasteiger partial charge in [0, 0.05) is 25.2 Å². The number of carbonyl (C=O) groups is 2. The Labute approximate surface area is 195 Å². The van der Waals surface area contributed by atoms with Crippen LogP contribution in [0.15, 0.2) is 16.9 Å². The Kier molecular flexibility index (Phi) is 7.15. The molecule has 0 unspecified atom stereocenters.